The number of nitrogens with one attached hydrogen (secondary N) is 1. The summed E-state index contributed by atoms with van der Waals surface area (Å²) in [5, 5.41) is 13.1. The number of hydrogen-bond donors (Lipinski definition) is 1. The van der Waals surface area contributed by atoms with E-state index in [0.717, 1.165) is 21.0 Å². The molecule has 1 aliphatic carbocycles. The number of methoxy groups -OCH3 is 1. The van der Waals surface area contributed by atoms with Gasteiger partial charge < -0.3 is 10.1 Å². The molecule has 1 saturated carbocycles. The predicted molar refractivity (Wildman–Crippen MR) is 105 cm³/mol. The highest BCUT2D eigenvalue weighted by Gasteiger charge is 2.15. The average Bonchev–Trinajstić information content (AvgIpc) is 3.08. The Morgan fingerprint density at radius 3 is 2.83 bits per heavy atom. The molecule has 1 heterocycles. The molecule has 7 heteroatoms. The molecule has 1 aromatic carbocycles. The van der Waals surface area contributed by atoms with Crippen molar-refractivity contribution in [2.24, 2.45) is 0 Å². The first kappa shape index (κ1) is 17.9. The molecular weight excluding hydrogens is 358 g/mol. The van der Waals surface area contributed by atoms with E-state index in [1.54, 1.807) is 42.0 Å². The average molecular weight is 382 g/mol. The molecule has 0 aliphatic heterocycles. The first-order chi connectivity index (χ1) is 11.8. The number of benzene rings is 1. The van der Waals surface area contributed by atoms with Crippen molar-refractivity contribution < 1.29 is 4.74 Å². The Balaban J connectivity index is 1.55. The van der Waals surface area contributed by atoms with E-state index in [1.807, 2.05) is 0 Å². The second kappa shape index (κ2) is 8.97. The second-order valence-electron chi connectivity index (χ2n) is 5.83. The fourth-order valence-electron chi connectivity index (χ4n) is 2.86. The molecule has 130 valence electrons. The molecule has 0 atom stereocenters. The molecule has 1 N–H and O–H groups in total. The van der Waals surface area contributed by atoms with Crippen LogP contribution in [0.25, 0.3) is 0 Å². The molecule has 0 radical (unpaired) electrons. The molecule has 24 heavy (non-hydrogen) atoms. The van der Waals surface area contributed by atoms with Crippen LogP contribution >= 0.6 is 34.9 Å². The molecule has 0 saturated heterocycles. The molecule has 3 rings (SSSR count). The zero-order valence-corrected chi connectivity index (χ0v) is 16.5. The van der Waals surface area contributed by atoms with Gasteiger partial charge in [0.05, 0.1) is 7.11 Å². The number of aromatic nitrogens is 2. The SMILES string of the molecule is COc1cc(CSc2nnc(NC3CCCCC3)s2)ccc1SC. The number of nitrogens with zero attached hydrogens (tertiary/aromatic N) is 2. The molecule has 4 nitrogen and oxygen atoms in total. The Bertz CT molecular complexity index is 656. The standard InChI is InChI=1S/C17H23N3OS3/c1-21-14-10-12(8-9-15(14)22-2)11-23-17-20-19-16(24-17)18-13-6-4-3-5-7-13/h8-10,13H,3-7,11H2,1-2H3,(H,18,19). The third-order valence-electron chi connectivity index (χ3n) is 4.15. The predicted octanol–water partition coefficient (Wildman–Crippen LogP) is 5.31. The first-order valence-electron chi connectivity index (χ1n) is 8.22. The summed E-state index contributed by atoms with van der Waals surface area (Å²) in [5.41, 5.74) is 1.24. The van der Waals surface area contributed by atoms with E-state index in [-0.39, 0.29) is 0 Å². The highest BCUT2D eigenvalue weighted by molar-refractivity contribution is 8.00. The molecule has 1 aliphatic rings. The largest absolute Gasteiger partial charge is 0.496 e. The van der Waals surface area contributed by atoms with Gasteiger partial charge in [-0.25, -0.2) is 0 Å². The lowest BCUT2D eigenvalue weighted by Gasteiger charge is -2.21. The van der Waals surface area contributed by atoms with E-state index in [1.165, 1.54) is 42.6 Å². The van der Waals surface area contributed by atoms with Crippen molar-refractivity contribution in [3.8, 4) is 5.75 Å². The number of hydrogen-bond acceptors (Lipinski definition) is 7. The van der Waals surface area contributed by atoms with Crippen LogP contribution in [0.5, 0.6) is 5.75 Å². The van der Waals surface area contributed by atoms with Gasteiger partial charge in [0.2, 0.25) is 5.13 Å². The van der Waals surface area contributed by atoms with Gasteiger partial charge in [-0.2, -0.15) is 0 Å². The number of anilines is 1. The Kier molecular flexibility index (Phi) is 6.68. The van der Waals surface area contributed by atoms with E-state index in [4.69, 9.17) is 4.74 Å². The lowest BCUT2D eigenvalue weighted by Crippen LogP contribution is -2.21. The van der Waals surface area contributed by atoms with Crippen molar-refractivity contribution in [3.63, 3.8) is 0 Å². The van der Waals surface area contributed by atoms with Crippen molar-refractivity contribution in [3.05, 3.63) is 23.8 Å². The molecule has 1 aromatic heterocycles. The highest BCUT2D eigenvalue weighted by atomic mass is 32.2. The zero-order chi connectivity index (χ0) is 16.8. The molecule has 0 unspecified atom stereocenters. The molecule has 0 bridgehead atoms. The summed E-state index contributed by atoms with van der Waals surface area (Å²) >= 11 is 5.09. The summed E-state index contributed by atoms with van der Waals surface area (Å²) in [6.07, 6.45) is 8.59. The number of rotatable bonds is 7. The Morgan fingerprint density at radius 1 is 1.25 bits per heavy atom. The van der Waals surface area contributed by atoms with Crippen LogP contribution in [0.2, 0.25) is 0 Å². The van der Waals surface area contributed by atoms with E-state index < -0.39 is 0 Å². The normalized spacial score (nSPS) is 15.4. The molecule has 0 spiro atoms. The van der Waals surface area contributed by atoms with Gasteiger partial charge in [0.25, 0.3) is 0 Å². The fourth-order valence-corrected chi connectivity index (χ4v) is 5.18. The topological polar surface area (TPSA) is 47.0 Å². The van der Waals surface area contributed by atoms with Crippen LogP contribution in [0.15, 0.2) is 27.4 Å². The molecular formula is C17H23N3OS3. The first-order valence-corrected chi connectivity index (χ1v) is 11.2. The van der Waals surface area contributed by atoms with Crippen LogP contribution in [0.1, 0.15) is 37.7 Å². The van der Waals surface area contributed by atoms with Crippen LogP contribution in [-0.2, 0) is 5.75 Å². The maximum Gasteiger partial charge on any atom is 0.206 e. The van der Waals surface area contributed by atoms with Crippen molar-refractivity contribution in [2.75, 3.05) is 18.7 Å². The van der Waals surface area contributed by atoms with Gasteiger partial charge in [-0.15, -0.1) is 22.0 Å². The van der Waals surface area contributed by atoms with Crippen LogP contribution < -0.4 is 10.1 Å². The van der Waals surface area contributed by atoms with Gasteiger partial charge in [-0.1, -0.05) is 48.4 Å². The van der Waals surface area contributed by atoms with E-state index in [2.05, 4.69) is 40.0 Å². The second-order valence-corrected chi connectivity index (χ2v) is 8.88. The maximum absolute atomic E-state index is 5.45. The van der Waals surface area contributed by atoms with Crippen molar-refractivity contribution in [1.82, 2.24) is 10.2 Å². The molecule has 0 amide bonds. The summed E-state index contributed by atoms with van der Waals surface area (Å²) in [7, 11) is 1.72. The van der Waals surface area contributed by atoms with Gasteiger partial charge in [-0.3, -0.25) is 0 Å². The Labute approximate surface area is 156 Å². The molecule has 2 aromatic rings. The van der Waals surface area contributed by atoms with Crippen LogP contribution in [0.3, 0.4) is 0 Å². The monoisotopic (exact) mass is 381 g/mol. The lowest BCUT2D eigenvalue weighted by atomic mass is 9.96. The fraction of sp³-hybridized carbons (Fsp3) is 0.529. The van der Waals surface area contributed by atoms with Crippen LogP contribution in [0.4, 0.5) is 5.13 Å². The van der Waals surface area contributed by atoms with E-state index in [9.17, 15) is 0 Å². The van der Waals surface area contributed by atoms with Crippen LogP contribution in [0, 0.1) is 0 Å². The van der Waals surface area contributed by atoms with Gasteiger partial charge in [-0.05, 0) is 36.8 Å². The van der Waals surface area contributed by atoms with E-state index in [0.29, 0.717) is 6.04 Å². The van der Waals surface area contributed by atoms with Crippen molar-refractivity contribution >= 4 is 40.0 Å². The van der Waals surface area contributed by atoms with Crippen molar-refractivity contribution in [1.29, 1.82) is 0 Å². The minimum atomic E-state index is 0.577. The van der Waals surface area contributed by atoms with Crippen molar-refractivity contribution in [2.45, 2.75) is 53.1 Å². The van der Waals surface area contributed by atoms with Crippen LogP contribution in [-0.4, -0.2) is 29.6 Å². The maximum atomic E-state index is 5.45. The number of thioether (sulfide) groups is 2. The Morgan fingerprint density at radius 2 is 2.08 bits per heavy atom. The number of ether oxygens (including phenoxy) is 1. The lowest BCUT2D eigenvalue weighted by molar-refractivity contribution is 0.404. The highest BCUT2D eigenvalue weighted by Crippen LogP contribution is 2.33. The summed E-state index contributed by atoms with van der Waals surface area (Å²) in [4.78, 5) is 1.17. The summed E-state index contributed by atoms with van der Waals surface area (Å²) in [5.74, 6) is 1.82. The Hall–Kier alpha value is -0.920. The minimum absolute atomic E-state index is 0.577. The third-order valence-corrected chi connectivity index (χ3v) is 6.99. The molecule has 1 fully saturated rings. The van der Waals surface area contributed by atoms with Gasteiger partial charge in [0.1, 0.15) is 5.75 Å². The zero-order valence-electron chi connectivity index (χ0n) is 14.1. The quantitative estimate of drug-likeness (QED) is 0.656. The van der Waals surface area contributed by atoms with Gasteiger partial charge >= 0.3 is 0 Å². The summed E-state index contributed by atoms with van der Waals surface area (Å²) < 4.78 is 6.47. The summed E-state index contributed by atoms with van der Waals surface area (Å²) in [6, 6.07) is 6.97. The van der Waals surface area contributed by atoms with Gasteiger partial charge in [0.15, 0.2) is 4.34 Å². The third kappa shape index (κ3) is 4.80. The minimum Gasteiger partial charge on any atom is -0.496 e. The smallest absolute Gasteiger partial charge is 0.206 e. The summed E-state index contributed by atoms with van der Waals surface area (Å²) in [6.45, 7) is 0. The van der Waals surface area contributed by atoms with E-state index >= 15 is 0 Å². The van der Waals surface area contributed by atoms with Gasteiger partial charge in [0, 0.05) is 16.7 Å².